The fourth-order valence-corrected chi connectivity index (χ4v) is 4.05. The van der Waals surface area contributed by atoms with Crippen LogP contribution in [-0.4, -0.2) is 47.0 Å². The average molecular weight is 470 g/mol. The van der Waals surface area contributed by atoms with Gasteiger partial charge in [0.15, 0.2) is 0 Å². The highest BCUT2D eigenvalue weighted by Gasteiger charge is 2.14. The van der Waals surface area contributed by atoms with E-state index in [9.17, 15) is 4.79 Å². The molecule has 0 atom stereocenters. The zero-order valence-electron chi connectivity index (χ0n) is 18.9. The molecule has 0 bridgehead atoms. The summed E-state index contributed by atoms with van der Waals surface area (Å²) in [6, 6.07) is 14.1. The molecule has 1 saturated heterocycles. The number of primary amides is 1. The molecule has 35 heavy (non-hydrogen) atoms. The van der Waals surface area contributed by atoms with E-state index in [2.05, 4.69) is 30.5 Å². The van der Waals surface area contributed by atoms with Gasteiger partial charge in [0.1, 0.15) is 11.6 Å². The molecule has 0 saturated carbocycles. The van der Waals surface area contributed by atoms with Gasteiger partial charge in [0, 0.05) is 49.4 Å². The lowest BCUT2D eigenvalue weighted by atomic mass is 9.99. The smallest absolute Gasteiger partial charge is 0.241 e. The van der Waals surface area contributed by atoms with Gasteiger partial charge in [0.25, 0.3) is 0 Å². The summed E-state index contributed by atoms with van der Waals surface area (Å²) in [6.45, 7) is 3.72. The number of halogens is 1. The van der Waals surface area contributed by atoms with Crippen LogP contribution < -0.4 is 21.3 Å². The molecule has 2 aromatic heterocycles. The zero-order chi connectivity index (χ0) is 24.2. The molecule has 1 amide bonds. The fourth-order valence-electron chi connectivity index (χ4n) is 4.05. The lowest BCUT2D eigenvalue weighted by molar-refractivity contribution is -0.113. The number of hydrogen-bond acceptors (Lipinski definition) is 7. The maximum absolute atomic E-state index is 15.0. The topological polar surface area (TPSA) is 109 Å². The number of aromatic nitrogens is 3. The van der Waals surface area contributed by atoms with Crippen molar-refractivity contribution in [3.05, 3.63) is 78.4 Å². The monoisotopic (exact) mass is 469 g/mol. The minimum Gasteiger partial charge on any atom is -0.366 e. The van der Waals surface area contributed by atoms with Crippen LogP contribution in [0.15, 0.2) is 67.0 Å². The highest BCUT2D eigenvalue weighted by Crippen LogP contribution is 2.31. The molecule has 1 aliphatic rings. The summed E-state index contributed by atoms with van der Waals surface area (Å²) < 4.78 is 15.0. The fraction of sp³-hybridized carbons (Fsp3) is 0.154. The second-order valence-electron chi connectivity index (χ2n) is 8.18. The lowest BCUT2D eigenvalue weighted by Crippen LogP contribution is -2.43. The molecular weight excluding hydrogens is 445 g/mol. The van der Waals surface area contributed by atoms with Crippen LogP contribution in [-0.2, 0) is 4.79 Å². The standard InChI is InChI=1S/C26H24FN7O/c27-21-7-5-19-15-31-26(32-20-6-9-23(30-16-20)34-12-10-29-11-13-34)33-25(19)24(21)18-3-1-2-17(14-18)4-8-22(28)35/h1-9,14-16,29H,10-13H2,(H2,28,35)(H,31,32,33). The number of piperazine rings is 1. The number of carbonyl (C=O) groups is 1. The summed E-state index contributed by atoms with van der Waals surface area (Å²) in [7, 11) is 0. The Bertz CT molecular complexity index is 1400. The molecule has 4 aromatic rings. The SMILES string of the molecule is NC(=O)C=Cc1cccc(-c2c(F)ccc3cnc(Nc4ccc(N5CCNCC5)nc4)nc23)c1. The Morgan fingerprint density at radius 2 is 1.94 bits per heavy atom. The van der Waals surface area contributed by atoms with Gasteiger partial charge in [-0.1, -0.05) is 18.2 Å². The summed E-state index contributed by atoms with van der Waals surface area (Å²) >= 11 is 0. The quantitative estimate of drug-likeness (QED) is 0.371. The number of carbonyl (C=O) groups excluding carboxylic acids is 1. The molecule has 0 aliphatic carbocycles. The van der Waals surface area contributed by atoms with Crippen molar-refractivity contribution >= 4 is 40.3 Å². The van der Waals surface area contributed by atoms with Gasteiger partial charge in [0.2, 0.25) is 11.9 Å². The molecule has 3 heterocycles. The first-order valence-electron chi connectivity index (χ1n) is 11.3. The third kappa shape index (κ3) is 5.10. The van der Waals surface area contributed by atoms with Gasteiger partial charge in [-0.3, -0.25) is 4.79 Å². The van der Waals surface area contributed by atoms with E-state index in [1.165, 1.54) is 12.1 Å². The van der Waals surface area contributed by atoms with E-state index in [0.717, 1.165) is 43.2 Å². The van der Waals surface area contributed by atoms with Crippen LogP contribution in [0.25, 0.3) is 28.1 Å². The number of rotatable bonds is 6. The first-order valence-corrected chi connectivity index (χ1v) is 11.3. The molecular formula is C26H24FN7O. The highest BCUT2D eigenvalue weighted by atomic mass is 19.1. The summed E-state index contributed by atoms with van der Waals surface area (Å²) in [5.41, 5.74) is 8.12. The molecule has 2 aromatic carbocycles. The molecule has 176 valence electrons. The normalized spacial score (nSPS) is 13.9. The largest absolute Gasteiger partial charge is 0.366 e. The van der Waals surface area contributed by atoms with Crippen molar-refractivity contribution in [3.8, 4) is 11.1 Å². The van der Waals surface area contributed by atoms with Gasteiger partial charge in [-0.2, -0.15) is 0 Å². The molecule has 1 aliphatic heterocycles. The molecule has 8 nitrogen and oxygen atoms in total. The van der Waals surface area contributed by atoms with Crippen molar-refractivity contribution in [3.63, 3.8) is 0 Å². The van der Waals surface area contributed by atoms with Gasteiger partial charge in [-0.25, -0.2) is 19.3 Å². The Hall–Kier alpha value is -4.37. The number of amides is 1. The van der Waals surface area contributed by atoms with Crippen LogP contribution in [0.5, 0.6) is 0 Å². The van der Waals surface area contributed by atoms with Crippen molar-refractivity contribution < 1.29 is 9.18 Å². The van der Waals surface area contributed by atoms with E-state index >= 15 is 4.39 Å². The predicted octanol–water partition coefficient (Wildman–Crippen LogP) is 3.48. The third-order valence-corrected chi connectivity index (χ3v) is 5.76. The average Bonchev–Trinajstić information content (AvgIpc) is 2.88. The van der Waals surface area contributed by atoms with Crippen molar-refractivity contribution in [1.29, 1.82) is 0 Å². The van der Waals surface area contributed by atoms with Gasteiger partial charge >= 0.3 is 0 Å². The van der Waals surface area contributed by atoms with Crippen LogP contribution >= 0.6 is 0 Å². The number of nitrogens with zero attached hydrogens (tertiary/aromatic N) is 4. The zero-order valence-corrected chi connectivity index (χ0v) is 18.9. The number of nitrogens with two attached hydrogens (primary N) is 1. The van der Waals surface area contributed by atoms with E-state index in [4.69, 9.17) is 5.73 Å². The van der Waals surface area contributed by atoms with E-state index < -0.39 is 11.7 Å². The van der Waals surface area contributed by atoms with E-state index in [0.29, 0.717) is 28.0 Å². The number of nitrogens with one attached hydrogen (secondary N) is 2. The van der Waals surface area contributed by atoms with Crippen LogP contribution in [0.2, 0.25) is 0 Å². The summed E-state index contributed by atoms with van der Waals surface area (Å²) in [6.07, 6.45) is 6.26. The molecule has 0 spiro atoms. The van der Waals surface area contributed by atoms with Crippen LogP contribution in [0.3, 0.4) is 0 Å². The lowest BCUT2D eigenvalue weighted by Gasteiger charge is -2.28. The predicted molar refractivity (Wildman–Crippen MR) is 136 cm³/mol. The maximum Gasteiger partial charge on any atom is 0.241 e. The van der Waals surface area contributed by atoms with Crippen molar-refractivity contribution in [2.24, 2.45) is 5.73 Å². The summed E-state index contributed by atoms with van der Waals surface area (Å²) in [5, 5.41) is 7.20. The second kappa shape index (κ2) is 9.86. The number of pyridine rings is 1. The van der Waals surface area contributed by atoms with Crippen molar-refractivity contribution in [2.75, 3.05) is 36.4 Å². The van der Waals surface area contributed by atoms with Gasteiger partial charge in [-0.15, -0.1) is 0 Å². The van der Waals surface area contributed by atoms with E-state index in [1.807, 2.05) is 18.2 Å². The van der Waals surface area contributed by atoms with Crippen molar-refractivity contribution in [2.45, 2.75) is 0 Å². The first-order chi connectivity index (χ1) is 17.1. The molecule has 4 N–H and O–H groups in total. The maximum atomic E-state index is 15.0. The van der Waals surface area contributed by atoms with Gasteiger partial charge < -0.3 is 21.3 Å². The molecule has 0 radical (unpaired) electrons. The van der Waals surface area contributed by atoms with Crippen LogP contribution in [0, 0.1) is 5.82 Å². The summed E-state index contributed by atoms with van der Waals surface area (Å²) in [4.78, 5) is 26.9. The Morgan fingerprint density at radius 1 is 1.09 bits per heavy atom. The number of hydrogen-bond donors (Lipinski definition) is 3. The first kappa shape index (κ1) is 22.4. The molecule has 1 fully saturated rings. The molecule has 5 rings (SSSR count). The Kier molecular flexibility index (Phi) is 6.32. The van der Waals surface area contributed by atoms with Gasteiger partial charge in [-0.05, 0) is 47.5 Å². The number of benzene rings is 2. The second-order valence-corrected chi connectivity index (χ2v) is 8.18. The van der Waals surface area contributed by atoms with Crippen LogP contribution in [0.4, 0.5) is 21.8 Å². The third-order valence-electron chi connectivity index (χ3n) is 5.76. The minimum absolute atomic E-state index is 0.339. The minimum atomic E-state index is -0.550. The van der Waals surface area contributed by atoms with E-state index in [1.54, 1.807) is 42.7 Å². The van der Waals surface area contributed by atoms with Crippen LogP contribution in [0.1, 0.15) is 5.56 Å². The van der Waals surface area contributed by atoms with Crippen molar-refractivity contribution in [1.82, 2.24) is 20.3 Å². The van der Waals surface area contributed by atoms with E-state index in [-0.39, 0.29) is 0 Å². The Labute approximate surface area is 201 Å². The summed E-state index contributed by atoms with van der Waals surface area (Å²) in [5.74, 6) is 0.308. The van der Waals surface area contributed by atoms with Gasteiger partial charge in [0.05, 0.1) is 17.4 Å². The highest BCUT2D eigenvalue weighted by molar-refractivity contribution is 5.95. The molecule has 9 heteroatoms. The Morgan fingerprint density at radius 3 is 2.71 bits per heavy atom. The molecule has 0 unspecified atom stereocenters. The number of fused-ring (bicyclic) bond motifs is 1. The Balaban J connectivity index is 1.46. The number of anilines is 3.